The zero-order valence-electron chi connectivity index (χ0n) is 19.8. The minimum Gasteiger partial charge on any atom is -0.396 e. The first kappa shape index (κ1) is 23.6. The van der Waals surface area contributed by atoms with Crippen molar-refractivity contribution in [1.29, 1.82) is 0 Å². The van der Waals surface area contributed by atoms with Gasteiger partial charge >= 0.3 is 6.18 Å². The number of aliphatic hydroxyl groups excluding tert-OH is 1. The van der Waals surface area contributed by atoms with Gasteiger partial charge < -0.3 is 20.1 Å². The van der Waals surface area contributed by atoms with Gasteiger partial charge in [0.15, 0.2) is 5.82 Å². The number of nitrogens with one attached hydrogen (secondary N) is 1. The van der Waals surface area contributed by atoms with Crippen molar-refractivity contribution in [3.8, 4) is 11.5 Å². The van der Waals surface area contributed by atoms with Crippen LogP contribution in [0.3, 0.4) is 0 Å². The molecule has 3 aromatic rings. The summed E-state index contributed by atoms with van der Waals surface area (Å²) in [5.74, 6) is 0.922. The molecule has 3 saturated carbocycles. The van der Waals surface area contributed by atoms with Crippen molar-refractivity contribution in [3.63, 3.8) is 0 Å². The van der Waals surface area contributed by atoms with Gasteiger partial charge in [0.2, 0.25) is 0 Å². The number of rotatable bonds is 7. The van der Waals surface area contributed by atoms with Gasteiger partial charge in [0, 0.05) is 48.5 Å². The Morgan fingerprint density at radius 3 is 2.33 bits per heavy atom. The lowest BCUT2D eigenvalue weighted by Crippen LogP contribution is -2.66. The van der Waals surface area contributed by atoms with Crippen LogP contribution in [0.2, 0.25) is 0 Å². The Morgan fingerprint density at radius 1 is 1.06 bits per heavy atom. The molecule has 1 unspecified atom stereocenters. The van der Waals surface area contributed by atoms with E-state index in [2.05, 4.69) is 20.4 Å². The summed E-state index contributed by atoms with van der Waals surface area (Å²) in [7, 11) is 0. The third-order valence-electron chi connectivity index (χ3n) is 8.46. The molecule has 1 saturated heterocycles. The lowest BCUT2D eigenvalue weighted by atomic mass is 9.35. The van der Waals surface area contributed by atoms with E-state index in [1.165, 1.54) is 12.1 Å². The van der Waals surface area contributed by atoms with Gasteiger partial charge in [0.25, 0.3) is 5.89 Å². The highest BCUT2D eigenvalue weighted by molar-refractivity contribution is 5.55. The molecule has 7 rings (SSSR count). The summed E-state index contributed by atoms with van der Waals surface area (Å²) in [5.41, 5.74) is -0.557. The van der Waals surface area contributed by atoms with Gasteiger partial charge in [0.05, 0.1) is 12.0 Å². The van der Waals surface area contributed by atoms with E-state index in [4.69, 9.17) is 4.52 Å². The van der Waals surface area contributed by atoms with Crippen molar-refractivity contribution in [2.45, 2.75) is 49.8 Å². The Labute approximate surface area is 205 Å². The molecule has 3 aliphatic carbocycles. The van der Waals surface area contributed by atoms with E-state index in [9.17, 15) is 23.4 Å². The molecule has 0 amide bonds. The number of hydrogen-bond acceptors (Lipinski definition) is 7. The molecule has 4 aliphatic rings. The van der Waals surface area contributed by atoms with Gasteiger partial charge in [-0.3, -0.25) is 4.98 Å². The van der Waals surface area contributed by atoms with Crippen molar-refractivity contribution in [3.05, 3.63) is 65.2 Å². The molecule has 3 heterocycles. The summed E-state index contributed by atoms with van der Waals surface area (Å²) in [5, 5.41) is 29.1. The number of halogens is 3. The maximum absolute atomic E-state index is 12.8. The highest BCUT2D eigenvalue weighted by Gasteiger charge is 2.70. The van der Waals surface area contributed by atoms with Crippen molar-refractivity contribution in [2.75, 3.05) is 19.7 Å². The minimum atomic E-state index is -4.30. The molecule has 2 bridgehead atoms. The van der Waals surface area contributed by atoms with E-state index in [0.29, 0.717) is 41.5 Å². The summed E-state index contributed by atoms with van der Waals surface area (Å²) >= 11 is 0. The van der Waals surface area contributed by atoms with Crippen molar-refractivity contribution in [2.24, 2.45) is 10.8 Å². The Balaban J connectivity index is 1.33. The average Bonchev–Trinajstić information content (AvgIpc) is 3.25. The largest absolute Gasteiger partial charge is 0.396 e. The molecule has 7 nitrogen and oxygen atoms in total. The molecule has 4 fully saturated rings. The van der Waals surface area contributed by atoms with Crippen LogP contribution >= 0.6 is 0 Å². The molecule has 10 heteroatoms. The van der Waals surface area contributed by atoms with Crippen LogP contribution in [-0.2, 0) is 17.4 Å². The zero-order chi connectivity index (χ0) is 25.4. The molecular formula is C26H27F3N4O3. The number of benzene rings is 1. The number of alkyl halides is 3. The van der Waals surface area contributed by atoms with Gasteiger partial charge in [-0.2, -0.15) is 18.2 Å². The molecular weight excluding hydrogens is 473 g/mol. The summed E-state index contributed by atoms with van der Waals surface area (Å²) in [4.78, 5) is 8.96. The predicted octanol–water partition coefficient (Wildman–Crippen LogP) is 3.50. The van der Waals surface area contributed by atoms with Crippen LogP contribution in [-0.4, -0.2) is 51.2 Å². The first-order valence-electron chi connectivity index (χ1n) is 12.0. The highest BCUT2D eigenvalue weighted by Crippen LogP contribution is 2.72. The number of pyridine rings is 1. The quantitative estimate of drug-likeness (QED) is 0.456. The Bertz CT molecular complexity index is 1280. The molecule has 0 radical (unpaired) electrons. The maximum Gasteiger partial charge on any atom is 0.393 e. The van der Waals surface area contributed by atoms with E-state index in [1.807, 2.05) is 6.92 Å². The van der Waals surface area contributed by atoms with Gasteiger partial charge in [-0.1, -0.05) is 36.3 Å². The monoisotopic (exact) mass is 500 g/mol. The fourth-order valence-corrected chi connectivity index (χ4v) is 6.43. The Kier molecular flexibility index (Phi) is 4.97. The average molecular weight is 501 g/mol. The first-order chi connectivity index (χ1) is 17.0. The van der Waals surface area contributed by atoms with Crippen LogP contribution in [0, 0.1) is 10.8 Å². The zero-order valence-corrected chi connectivity index (χ0v) is 19.8. The number of aromatic nitrogens is 3. The second-order valence-corrected chi connectivity index (χ2v) is 11.2. The highest BCUT2D eigenvalue weighted by atomic mass is 19.4. The summed E-state index contributed by atoms with van der Waals surface area (Å²) in [6, 6.07) is 7.69. The third kappa shape index (κ3) is 3.42. The van der Waals surface area contributed by atoms with E-state index < -0.39 is 23.6 Å². The van der Waals surface area contributed by atoms with Gasteiger partial charge in [-0.25, -0.2) is 0 Å². The summed E-state index contributed by atoms with van der Waals surface area (Å²) < 4.78 is 44.1. The van der Waals surface area contributed by atoms with Crippen molar-refractivity contribution < 1.29 is 27.9 Å². The first-order valence-corrected chi connectivity index (χ1v) is 12.0. The van der Waals surface area contributed by atoms with Crippen LogP contribution in [0.25, 0.3) is 11.5 Å². The van der Waals surface area contributed by atoms with E-state index in [-0.39, 0.29) is 23.0 Å². The van der Waals surface area contributed by atoms with Crippen molar-refractivity contribution in [1.82, 2.24) is 20.4 Å². The maximum atomic E-state index is 12.8. The Hall–Kier alpha value is -2.82. The second-order valence-electron chi connectivity index (χ2n) is 11.2. The molecule has 0 spiro atoms. The van der Waals surface area contributed by atoms with E-state index in [0.717, 1.165) is 19.3 Å². The number of aliphatic hydroxyl groups is 2. The standard InChI is InChI=1S/C26H27F3N4O3/c1-22(13-31-14-22)26(35,18-4-2-16(3-5-18)7-25(27,28)29)19-6-17(8-30-9-19)20-32-21(33-36-20)24-10-23(11-24,12-24)15-34/h2-6,8-9,31,34-35H,7,10-15H2,1H3. The summed E-state index contributed by atoms with van der Waals surface area (Å²) in [6.45, 7) is 3.16. The fourth-order valence-electron chi connectivity index (χ4n) is 6.43. The molecule has 190 valence electrons. The SMILES string of the molecule is CC1(C(O)(c2ccc(CC(F)(F)F)cc2)c2cncc(-c3nc(C45CC(CO)(C4)C5)no3)c2)CNC1. The van der Waals surface area contributed by atoms with E-state index >= 15 is 0 Å². The molecule has 1 aliphatic heterocycles. The normalized spacial score (nSPS) is 27.9. The van der Waals surface area contributed by atoms with Crippen LogP contribution in [0.4, 0.5) is 13.2 Å². The van der Waals surface area contributed by atoms with Crippen LogP contribution in [0.1, 0.15) is 48.7 Å². The van der Waals surface area contributed by atoms with Gasteiger partial charge in [0.1, 0.15) is 5.60 Å². The predicted molar refractivity (Wildman–Crippen MR) is 123 cm³/mol. The smallest absolute Gasteiger partial charge is 0.393 e. The lowest BCUT2D eigenvalue weighted by Gasteiger charge is -2.68. The summed E-state index contributed by atoms with van der Waals surface area (Å²) in [6.07, 6.45) is 0.380. The molecule has 36 heavy (non-hydrogen) atoms. The van der Waals surface area contributed by atoms with Crippen LogP contribution in [0.5, 0.6) is 0 Å². The molecule has 3 N–H and O–H groups in total. The van der Waals surface area contributed by atoms with Gasteiger partial charge in [-0.15, -0.1) is 0 Å². The van der Waals surface area contributed by atoms with Crippen molar-refractivity contribution >= 4 is 0 Å². The van der Waals surface area contributed by atoms with E-state index in [1.54, 1.807) is 30.6 Å². The van der Waals surface area contributed by atoms with Crippen LogP contribution in [0.15, 0.2) is 47.2 Å². The second kappa shape index (κ2) is 7.60. The molecule has 2 aromatic heterocycles. The minimum absolute atomic E-state index is 0.0145. The molecule has 1 aromatic carbocycles. The number of nitrogens with zero attached hydrogens (tertiary/aromatic N) is 3. The van der Waals surface area contributed by atoms with Gasteiger partial charge in [-0.05, 0) is 41.9 Å². The van der Waals surface area contributed by atoms with Crippen LogP contribution < -0.4 is 5.32 Å². The molecule has 1 atom stereocenters. The topological polar surface area (TPSA) is 104 Å². The third-order valence-corrected chi connectivity index (χ3v) is 8.46. The number of hydrogen-bond donors (Lipinski definition) is 3. The fraction of sp³-hybridized carbons (Fsp3) is 0.500. The Morgan fingerprint density at radius 2 is 1.75 bits per heavy atom. The lowest BCUT2D eigenvalue weighted by molar-refractivity contribution is -0.172.